The van der Waals surface area contributed by atoms with Crippen LogP contribution in [0.2, 0.25) is 0 Å². The van der Waals surface area contributed by atoms with E-state index >= 15 is 0 Å². The molecule has 3 aromatic carbocycles. The molecule has 0 aliphatic rings. The Balaban J connectivity index is 0.000000278. The van der Waals surface area contributed by atoms with Gasteiger partial charge in [-0.1, -0.05) is 30.3 Å². The fourth-order valence-corrected chi connectivity index (χ4v) is 4.02. The highest BCUT2D eigenvalue weighted by molar-refractivity contribution is 5.94. The number of pyridine rings is 2. The Kier molecular flexibility index (Phi) is 8.13. The summed E-state index contributed by atoms with van der Waals surface area (Å²) in [5, 5.41) is 0.426. The average molecular weight is 556 g/mol. The first-order chi connectivity index (χ1) is 19.0. The second-order valence-electron chi connectivity index (χ2n) is 8.58. The first kappa shape index (κ1) is 28.2. The third-order valence-electron chi connectivity index (χ3n) is 5.88. The quantitative estimate of drug-likeness (QED) is 0.216. The third kappa shape index (κ3) is 6.09. The lowest BCUT2D eigenvalue weighted by Gasteiger charge is -2.15. The molecule has 0 amide bonds. The van der Waals surface area contributed by atoms with Gasteiger partial charge in [0.1, 0.15) is 17.2 Å². The normalized spacial score (nSPS) is 11.2. The molecule has 0 unspecified atom stereocenters. The van der Waals surface area contributed by atoms with E-state index in [-0.39, 0.29) is 18.7 Å². The second kappa shape index (κ2) is 11.5. The number of rotatable bonds is 4. The molecule has 0 bridgehead atoms. The molecule has 0 fully saturated rings. The molecule has 1 N–H and O–H groups in total. The SMILES string of the molecule is CCOC(=O)c1cn(Cc2ccc(C(F)(F)F)cc2)c2c(F)ccc(F)c2c1=O.O=c1ccc2ccccc2[nH]1. The third-order valence-corrected chi connectivity index (χ3v) is 5.88. The topological polar surface area (TPSA) is 81.2 Å². The van der Waals surface area contributed by atoms with Gasteiger partial charge in [-0.3, -0.25) is 9.59 Å². The lowest BCUT2D eigenvalue weighted by atomic mass is 10.1. The summed E-state index contributed by atoms with van der Waals surface area (Å²) in [4.78, 5) is 38.2. The Morgan fingerprint density at radius 1 is 0.900 bits per heavy atom. The number of ether oxygens (including phenoxy) is 1. The Labute approximate surface area is 223 Å². The number of hydrogen-bond donors (Lipinski definition) is 1. The van der Waals surface area contributed by atoms with Crippen molar-refractivity contribution in [1.29, 1.82) is 0 Å². The Morgan fingerprint density at radius 3 is 2.25 bits per heavy atom. The minimum absolute atomic E-state index is 0.0408. The summed E-state index contributed by atoms with van der Waals surface area (Å²) in [6.07, 6.45) is -3.50. The molecule has 0 spiro atoms. The lowest BCUT2D eigenvalue weighted by Crippen LogP contribution is -2.22. The number of para-hydroxylation sites is 1. The van der Waals surface area contributed by atoms with Crippen molar-refractivity contribution in [3.8, 4) is 0 Å². The van der Waals surface area contributed by atoms with Gasteiger partial charge in [0, 0.05) is 24.3 Å². The first-order valence-corrected chi connectivity index (χ1v) is 11.9. The van der Waals surface area contributed by atoms with Crippen LogP contribution in [0.15, 0.2) is 88.6 Å². The number of alkyl halides is 3. The summed E-state index contributed by atoms with van der Waals surface area (Å²) >= 11 is 0. The number of aromatic amines is 1. The van der Waals surface area contributed by atoms with Crippen LogP contribution in [0.25, 0.3) is 21.8 Å². The van der Waals surface area contributed by atoms with Crippen molar-refractivity contribution in [3.05, 3.63) is 128 Å². The molecule has 0 atom stereocenters. The van der Waals surface area contributed by atoms with E-state index in [1.807, 2.05) is 30.3 Å². The molecule has 40 heavy (non-hydrogen) atoms. The van der Waals surface area contributed by atoms with Gasteiger partial charge in [0.15, 0.2) is 0 Å². The van der Waals surface area contributed by atoms with Crippen molar-refractivity contribution >= 4 is 27.8 Å². The van der Waals surface area contributed by atoms with Crippen molar-refractivity contribution in [2.24, 2.45) is 0 Å². The maximum atomic E-state index is 14.4. The zero-order valence-corrected chi connectivity index (χ0v) is 20.9. The van der Waals surface area contributed by atoms with Crippen LogP contribution in [0.3, 0.4) is 0 Å². The van der Waals surface area contributed by atoms with Crippen molar-refractivity contribution in [3.63, 3.8) is 0 Å². The van der Waals surface area contributed by atoms with Crippen molar-refractivity contribution in [1.82, 2.24) is 9.55 Å². The maximum absolute atomic E-state index is 14.4. The fraction of sp³-hybridized carbons (Fsp3) is 0.138. The molecule has 6 nitrogen and oxygen atoms in total. The van der Waals surface area contributed by atoms with Gasteiger partial charge in [-0.25, -0.2) is 13.6 Å². The van der Waals surface area contributed by atoms with Gasteiger partial charge in [0.25, 0.3) is 0 Å². The average Bonchev–Trinajstić information content (AvgIpc) is 2.92. The van der Waals surface area contributed by atoms with E-state index in [1.54, 1.807) is 0 Å². The van der Waals surface area contributed by atoms with E-state index in [2.05, 4.69) is 4.98 Å². The van der Waals surface area contributed by atoms with Crippen LogP contribution in [0.5, 0.6) is 0 Å². The summed E-state index contributed by atoms with van der Waals surface area (Å²) in [7, 11) is 0. The highest BCUT2D eigenvalue weighted by Crippen LogP contribution is 2.29. The molecule has 0 aliphatic heterocycles. The van der Waals surface area contributed by atoms with E-state index in [4.69, 9.17) is 4.74 Å². The molecule has 11 heteroatoms. The largest absolute Gasteiger partial charge is 0.462 e. The molecule has 2 aromatic heterocycles. The molecule has 0 saturated heterocycles. The molecule has 0 aliphatic carbocycles. The number of nitrogens with zero attached hydrogens (tertiary/aromatic N) is 1. The standard InChI is InChI=1S/C20H14F5NO3.C9H7NO/c1-2-29-19(28)13-10-26(9-11-3-5-12(6-4-11)20(23,24)25)17-15(22)8-7-14(21)16(17)18(13)27;11-9-6-5-7-3-1-2-4-8(7)10-9/h3-8,10H,2,9H2,1H3;1-6H,(H,10,11). The smallest absolute Gasteiger partial charge is 0.416 e. The summed E-state index contributed by atoms with van der Waals surface area (Å²) in [5.74, 6) is -2.95. The van der Waals surface area contributed by atoms with Gasteiger partial charge in [-0.2, -0.15) is 13.2 Å². The molecule has 206 valence electrons. The number of hydrogen-bond acceptors (Lipinski definition) is 4. The van der Waals surface area contributed by atoms with Crippen LogP contribution < -0.4 is 11.0 Å². The predicted molar refractivity (Wildman–Crippen MR) is 139 cm³/mol. The number of halogens is 5. The van der Waals surface area contributed by atoms with Crippen LogP contribution in [0.4, 0.5) is 22.0 Å². The van der Waals surface area contributed by atoms with Crippen LogP contribution in [0.1, 0.15) is 28.4 Å². The Bertz CT molecular complexity index is 1810. The number of aromatic nitrogens is 2. The van der Waals surface area contributed by atoms with Gasteiger partial charge in [0.05, 0.1) is 23.1 Å². The van der Waals surface area contributed by atoms with E-state index in [1.165, 1.54) is 25.1 Å². The number of benzene rings is 3. The van der Waals surface area contributed by atoms with Crippen molar-refractivity contribution < 1.29 is 31.5 Å². The fourth-order valence-electron chi connectivity index (χ4n) is 4.02. The molecule has 0 radical (unpaired) electrons. The zero-order valence-electron chi connectivity index (χ0n) is 20.9. The highest BCUT2D eigenvalue weighted by atomic mass is 19.4. The maximum Gasteiger partial charge on any atom is 0.416 e. The van der Waals surface area contributed by atoms with E-state index in [0.29, 0.717) is 5.56 Å². The minimum Gasteiger partial charge on any atom is -0.462 e. The first-order valence-electron chi connectivity index (χ1n) is 11.9. The summed E-state index contributed by atoms with van der Waals surface area (Å²) in [5.41, 5.74) is -1.64. The van der Waals surface area contributed by atoms with Gasteiger partial charge in [-0.05, 0) is 54.3 Å². The predicted octanol–water partition coefficient (Wildman–Crippen LogP) is 6.05. The molecular weight excluding hydrogens is 535 g/mol. The second-order valence-corrected chi connectivity index (χ2v) is 8.58. The monoisotopic (exact) mass is 556 g/mol. The summed E-state index contributed by atoms with van der Waals surface area (Å²) < 4.78 is 72.8. The van der Waals surface area contributed by atoms with E-state index in [9.17, 15) is 36.3 Å². The number of H-pyrrole nitrogens is 1. The van der Waals surface area contributed by atoms with Crippen LogP contribution in [-0.2, 0) is 17.5 Å². The van der Waals surface area contributed by atoms with Crippen LogP contribution in [-0.4, -0.2) is 22.1 Å². The molecular formula is C29H21F5N2O4. The van der Waals surface area contributed by atoms with Crippen LogP contribution >= 0.6 is 0 Å². The summed E-state index contributed by atoms with van der Waals surface area (Å²) in [6.45, 7) is 1.27. The minimum atomic E-state index is -4.52. The number of carbonyl (C=O) groups excluding carboxylic acids is 1. The van der Waals surface area contributed by atoms with Gasteiger partial charge < -0.3 is 14.3 Å². The van der Waals surface area contributed by atoms with E-state index in [0.717, 1.165) is 45.9 Å². The molecule has 0 saturated carbocycles. The Hall–Kier alpha value is -4.80. The lowest BCUT2D eigenvalue weighted by molar-refractivity contribution is -0.137. The van der Waals surface area contributed by atoms with E-state index < -0.39 is 51.2 Å². The zero-order chi connectivity index (χ0) is 29.0. The number of nitrogens with one attached hydrogen (secondary N) is 1. The highest BCUT2D eigenvalue weighted by Gasteiger charge is 2.30. The number of carbonyl (C=O) groups is 1. The number of esters is 1. The van der Waals surface area contributed by atoms with Crippen LogP contribution in [0, 0.1) is 11.6 Å². The van der Waals surface area contributed by atoms with Crippen molar-refractivity contribution in [2.75, 3.05) is 6.61 Å². The summed E-state index contributed by atoms with van der Waals surface area (Å²) in [6, 6.07) is 16.7. The number of fused-ring (bicyclic) bond motifs is 2. The van der Waals surface area contributed by atoms with Crippen molar-refractivity contribution in [2.45, 2.75) is 19.6 Å². The Morgan fingerprint density at radius 2 is 1.57 bits per heavy atom. The van der Waals surface area contributed by atoms with Gasteiger partial charge >= 0.3 is 12.1 Å². The molecule has 5 rings (SSSR count). The van der Waals surface area contributed by atoms with Gasteiger partial charge in [-0.15, -0.1) is 0 Å². The van der Waals surface area contributed by atoms with Gasteiger partial charge in [0.2, 0.25) is 11.0 Å². The molecule has 2 heterocycles. The molecule has 5 aromatic rings.